The molecule has 4 rings (SSSR count). The van der Waals surface area contributed by atoms with E-state index >= 15 is 0 Å². The van der Waals surface area contributed by atoms with Crippen molar-refractivity contribution in [3.8, 4) is 0 Å². The van der Waals surface area contributed by atoms with Crippen LogP contribution in [0.5, 0.6) is 0 Å². The highest BCUT2D eigenvalue weighted by atomic mass is 16.3. The summed E-state index contributed by atoms with van der Waals surface area (Å²) < 4.78 is 0. The molecule has 1 aromatic rings. The highest BCUT2D eigenvalue weighted by Crippen LogP contribution is 2.48. The summed E-state index contributed by atoms with van der Waals surface area (Å²) in [5.41, 5.74) is 1.79. The number of nitrogens with zero attached hydrogens (tertiary/aromatic N) is 2. The largest absolute Gasteiger partial charge is 0.380 e. The molecular formula is C29H40N4O5. The highest BCUT2D eigenvalue weighted by molar-refractivity contribution is 5.91. The number of hydrogen-bond acceptors (Lipinski definition) is 6. The molecule has 3 aliphatic rings. The fourth-order valence-corrected chi connectivity index (χ4v) is 5.15. The highest BCUT2D eigenvalue weighted by Gasteiger charge is 2.50. The quantitative estimate of drug-likeness (QED) is 0.322. The van der Waals surface area contributed by atoms with Gasteiger partial charge in [0.25, 0.3) is 11.8 Å². The standard InChI is InChI=1S/C29H40N4O5/c1-21-8-7-11-23(20-21)32-16-18-33(19-17-32)27(37)25(35)24(34)26(36)30-14-5-6-15-31-28(38)29(12-13-29)22-9-3-2-4-10-22/h2-4,7,9-11,20-21,24-25,34-35H,5-6,8,12-19H2,1H3,(H,30,36)(H,31,38)/t21?,24-,25-/m1/s1. The molecule has 3 amide bonds. The molecule has 1 saturated heterocycles. The predicted molar refractivity (Wildman–Crippen MR) is 144 cm³/mol. The zero-order valence-electron chi connectivity index (χ0n) is 22.1. The Morgan fingerprint density at radius 1 is 0.974 bits per heavy atom. The molecule has 1 aliphatic heterocycles. The van der Waals surface area contributed by atoms with Crippen molar-refractivity contribution in [1.82, 2.24) is 20.4 Å². The minimum absolute atomic E-state index is 0.0344. The van der Waals surface area contributed by atoms with Gasteiger partial charge in [-0.2, -0.15) is 0 Å². The summed E-state index contributed by atoms with van der Waals surface area (Å²) in [5.74, 6) is -0.893. The van der Waals surface area contributed by atoms with Crippen LogP contribution in [0.3, 0.4) is 0 Å². The molecule has 38 heavy (non-hydrogen) atoms. The molecule has 2 fully saturated rings. The van der Waals surface area contributed by atoms with E-state index in [0.717, 1.165) is 30.5 Å². The second kappa shape index (κ2) is 12.6. The monoisotopic (exact) mass is 524 g/mol. The van der Waals surface area contributed by atoms with E-state index in [1.807, 2.05) is 30.3 Å². The zero-order valence-corrected chi connectivity index (χ0v) is 22.1. The van der Waals surface area contributed by atoms with Crippen LogP contribution >= 0.6 is 0 Å². The Kier molecular flexibility index (Phi) is 9.22. The Hall–Kier alpha value is -3.17. The van der Waals surface area contributed by atoms with Crippen molar-refractivity contribution >= 4 is 17.7 Å². The van der Waals surface area contributed by atoms with Gasteiger partial charge in [0.15, 0.2) is 12.2 Å². The van der Waals surface area contributed by atoms with Crippen LogP contribution in [0.2, 0.25) is 0 Å². The van der Waals surface area contributed by atoms with Crippen LogP contribution < -0.4 is 10.6 Å². The van der Waals surface area contributed by atoms with Crippen LogP contribution in [0, 0.1) is 5.92 Å². The molecule has 4 N–H and O–H groups in total. The number of aliphatic hydroxyl groups excluding tert-OH is 2. The van der Waals surface area contributed by atoms with Crippen LogP contribution in [-0.4, -0.2) is 89.2 Å². The lowest BCUT2D eigenvalue weighted by Gasteiger charge is -2.38. The molecular weight excluding hydrogens is 484 g/mol. The van der Waals surface area contributed by atoms with E-state index in [1.165, 1.54) is 4.90 Å². The van der Waals surface area contributed by atoms with E-state index in [2.05, 4.69) is 40.7 Å². The molecule has 1 aromatic carbocycles. The minimum Gasteiger partial charge on any atom is -0.380 e. The zero-order chi connectivity index (χ0) is 27.1. The first-order valence-electron chi connectivity index (χ1n) is 13.7. The van der Waals surface area contributed by atoms with Crippen LogP contribution in [0.4, 0.5) is 0 Å². The molecule has 9 heteroatoms. The summed E-state index contributed by atoms with van der Waals surface area (Å²) in [7, 11) is 0. The fraction of sp³-hybridized carbons (Fsp3) is 0.552. The number of unbranched alkanes of at least 4 members (excludes halogenated alkanes) is 1. The van der Waals surface area contributed by atoms with Gasteiger partial charge in [-0.3, -0.25) is 14.4 Å². The van der Waals surface area contributed by atoms with Crippen LogP contribution in [0.15, 0.2) is 54.3 Å². The van der Waals surface area contributed by atoms with Gasteiger partial charge < -0.3 is 30.6 Å². The van der Waals surface area contributed by atoms with Crippen molar-refractivity contribution in [2.45, 2.75) is 56.7 Å². The van der Waals surface area contributed by atoms with Crippen molar-refractivity contribution in [3.05, 3.63) is 59.8 Å². The maximum atomic E-state index is 12.7. The summed E-state index contributed by atoms with van der Waals surface area (Å²) >= 11 is 0. The molecule has 9 nitrogen and oxygen atoms in total. The van der Waals surface area contributed by atoms with Crippen LogP contribution in [0.1, 0.15) is 44.6 Å². The summed E-state index contributed by atoms with van der Waals surface area (Å²) in [4.78, 5) is 41.4. The van der Waals surface area contributed by atoms with Crippen molar-refractivity contribution in [1.29, 1.82) is 0 Å². The third-order valence-electron chi connectivity index (χ3n) is 7.73. The van der Waals surface area contributed by atoms with E-state index in [-0.39, 0.29) is 12.5 Å². The molecule has 0 radical (unpaired) electrons. The van der Waals surface area contributed by atoms with Gasteiger partial charge in [-0.1, -0.05) is 49.4 Å². The Morgan fingerprint density at radius 2 is 1.63 bits per heavy atom. The number of rotatable bonds is 11. The number of amides is 3. The number of piperazine rings is 1. The predicted octanol–water partition coefficient (Wildman–Crippen LogP) is 1.08. The lowest BCUT2D eigenvalue weighted by Crippen LogP contribution is -2.55. The number of carbonyl (C=O) groups excluding carboxylic acids is 3. The second-order valence-electron chi connectivity index (χ2n) is 10.6. The van der Waals surface area contributed by atoms with Gasteiger partial charge in [0.2, 0.25) is 5.91 Å². The molecule has 0 spiro atoms. The van der Waals surface area contributed by atoms with Gasteiger partial charge in [0.1, 0.15) is 0 Å². The van der Waals surface area contributed by atoms with E-state index in [9.17, 15) is 24.6 Å². The Labute approximate surface area is 224 Å². The number of allylic oxidation sites excluding steroid dienone is 3. The minimum atomic E-state index is -1.83. The lowest BCUT2D eigenvalue weighted by molar-refractivity contribution is -0.154. The van der Waals surface area contributed by atoms with Gasteiger partial charge in [0.05, 0.1) is 5.41 Å². The lowest BCUT2D eigenvalue weighted by atomic mass is 9.95. The Bertz CT molecular complexity index is 1040. The number of nitrogens with one attached hydrogen (secondary N) is 2. The first-order chi connectivity index (χ1) is 18.3. The number of aliphatic hydroxyl groups is 2. The third-order valence-corrected chi connectivity index (χ3v) is 7.73. The summed E-state index contributed by atoms with van der Waals surface area (Å²) in [6, 6.07) is 9.80. The van der Waals surface area contributed by atoms with Gasteiger partial charge >= 0.3 is 0 Å². The molecule has 2 aliphatic carbocycles. The van der Waals surface area contributed by atoms with Gasteiger partial charge in [0, 0.05) is 45.0 Å². The topological polar surface area (TPSA) is 122 Å². The van der Waals surface area contributed by atoms with Gasteiger partial charge in [-0.15, -0.1) is 0 Å². The van der Waals surface area contributed by atoms with Crippen LogP contribution in [-0.2, 0) is 19.8 Å². The smallest absolute Gasteiger partial charge is 0.254 e. The van der Waals surface area contributed by atoms with E-state index in [4.69, 9.17) is 0 Å². The summed E-state index contributed by atoms with van der Waals surface area (Å²) in [5, 5.41) is 26.2. The molecule has 1 heterocycles. The van der Waals surface area contributed by atoms with Crippen molar-refractivity contribution in [2.75, 3.05) is 39.3 Å². The van der Waals surface area contributed by atoms with E-state index < -0.39 is 29.4 Å². The van der Waals surface area contributed by atoms with E-state index in [1.54, 1.807) is 0 Å². The van der Waals surface area contributed by atoms with Gasteiger partial charge in [-0.25, -0.2) is 0 Å². The van der Waals surface area contributed by atoms with Gasteiger partial charge in [-0.05, 0) is 49.7 Å². The first kappa shape index (κ1) is 27.9. The average Bonchev–Trinajstić information content (AvgIpc) is 3.76. The normalized spacial score (nSPS) is 21.8. The average molecular weight is 525 g/mol. The fourth-order valence-electron chi connectivity index (χ4n) is 5.15. The SMILES string of the molecule is CC1C=C(N2CCN(C(=O)[C@H](O)[C@@H](O)C(=O)NCCCCNC(=O)C3(c4ccccc4)CC3)CC2)C=CC1. The Balaban J connectivity index is 1.11. The third kappa shape index (κ3) is 6.63. The second-order valence-corrected chi connectivity index (χ2v) is 10.6. The summed E-state index contributed by atoms with van der Waals surface area (Å²) in [6.07, 6.45) is 6.82. The number of hydrogen-bond donors (Lipinski definition) is 4. The van der Waals surface area contributed by atoms with Crippen LogP contribution in [0.25, 0.3) is 0 Å². The van der Waals surface area contributed by atoms with E-state index in [0.29, 0.717) is 51.5 Å². The molecule has 1 unspecified atom stereocenters. The molecule has 1 saturated carbocycles. The molecule has 0 aromatic heterocycles. The van der Waals surface area contributed by atoms with Crippen molar-refractivity contribution in [3.63, 3.8) is 0 Å². The van der Waals surface area contributed by atoms with Crippen molar-refractivity contribution < 1.29 is 24.6 Å². The number of carbonyl (C=O) groups is 3. The Morgan fingerprint density at radius 3 is 2.26 bits per heavy atom. The number of benzene rings is 1. The van der Waals surface area contributed by atoms with Crippen molar-refractivity contribution in [2.24, 2.45) is 5.92 Å². The maximum Gasteiger partial charge on any atom is 0.254 e. The first-order valence-corrected chi connectivity index (χ1v) is 13.7. The maximum absolute atomic E-state index is 12.7. The summed E-state index contributed by atoms with van der Waals surface area (Å²) in [6.45, 7) is 5.03. The molecule has 0 bridgehead atoms. The molecule has 206 valence electrons. The molecule has 3 atom stereocenters.